The van der Waals surface area contributed by atoms with Crippen LogP contribution in [-0.4, -0.2) is 87.5 Å². The number of rotatable bonds is 8. The van der Waals surface area contributed by atoms with Gasteiger partial charge < -0.3 is 35.6 Å². The van der Waals surface area contributed by atoms with E-state index in [0.717, 1.165) is 76.2 Å². The Kier molecular flexibility index (Phi) is 10.8. The molecule has 0 unspecified atom stereocenters. The maximum atomic E-state index is 6.36. The number of methoxy groups -OCH3 is 1. The van der Waals surface area contributed by atoms with Crippen molar-refractivity contribution >= 4 is 45.6 Å². The summed E-state index contributed by atoms with van der Waals surface area (Å²) in [5.41, 5.74) is 1.44. The van der Waals surface area contributed by atoms with Crippen LogP contribution in [0.2, 0.25) is 10.0 Å². The molecular weight excluding hydrogens is 513 g/mol. The van der Waals surface area contributed by atoms with Gasteiger partial charge in [-0.15, -0.1) is 0 Å². The number of hydrogen-bond donors (Lipinski definition) is 4. The van der Waals surface area contributed by atoms with Crippen molar-refractivity contribution in [2.75, 3.05) is 77.9 Å². The number of aromatic nitrogens is 2. The first-order valence-electron chi connectivity index (χ1n) is 12.7. The molecule has 3 aromatic rings. The SMILES string of the molecule is COc1cc2ncnc(Nc3ccc(Cl)cc3Cl)c2cc1OCCCN1CCNCCNCCNCC1. The minimum absolute atomic E-state index is 0.507. The lowest BCUT2D eigenvalue weighted by molar-refractivity contribution is 0.229. The molecule has 0 aliphatic carbocycles. The van der Waals surface area contributed by atoms with Crippen LogP contribution in [0.15, 0.2) is 36.7 Å². The van der Waals surface area contributed by atoms with Gasteiger partial charge in [0.05, 0.1) is 29.9 Å². The van der Waals surface area contributed by atoms with Gasteiger partial charge in [-0.05, 0) is 30.7 Å². The largest absolute Gasteiger partial charge is 0.493 e. The number of nitrogens with one attached hydrogen (secondary N) is 4. The average molecular weight is 549 g/mol. The lowest BCUT2D eigenvalue weighted by Gasteiger charge is -2.23. The second-order valence-electron chi connectivity index (χ2n) is 8.79. The number of ether oxygens (including phenoxy) is 2. The van der Waals surface area contributed by atoms with Gasteiger partial charge in [-0.2, -0.15) is 0 Å². The van der Waals surface area contributed by atoms with E-state index in [9.17, 15) is 0 Å². The van der Waals surface area contributed by atoms with Gasteiger partial charge in [0.1, 0.15) is 12.1 Å². The summed E-state index contributed by atoms with van der Waals surface area (Å²) in [4.78, 5) is 11.3. The Balaban J connectivity index is 1.40. The molecule has 0 spiro atoms. The lowest BCUT2D eigenvalue weighted by atomic mass is 10.2. The quantitative estimate of drug-likeness (QED) is 0.316. The highest BCUT2D eigenvalue weighted by Crippen LogP contribution is 2.36. The summed E-state index contributed by atoms with van der Waals surface area (Å²) in [7, 11) is 1.63. The van der Waals surface area contributed by atoms with Crippen molar-refractivity contribution in [1.82, 2.24) is 30.8 Å². The van der Waals surface area contributed by atoms with Crippen LogP contribution in [0.1, 0.15) is 6.42 Å². The second kappa shape index (κ2) is 14.5. The van der Waals surface area contributed by atoms with Crippen LogP contribution in [0.25, 0.3) is 10.9 Å². The summed E-state index contributed by atoms with van der Waals surface area (Å²) >= 11 is 12.4. The highest BCUT2D eigenvalue weighted by Gasteiger charge is 2.13. The van der Waals surface area contributed by atoms with Gasteiger partial charge in [0.25, 0.3) is 0 Å². The summed E-state index contributed by atoms with van der Waals surface area (Å²) in [6.45, 7) is 9.50. The third kappa shape index (κ3) is 8.29. The normalized spacial score (nSPS) is 16.1. The Labute approximate surface area is 228 Å². The van der Waals surface area contributed by atoms with Crippen LogP contribution in [-0.2, 0) is 0 Å². The van der Waals surface area contributed by atoms with Crippen LogP contribution in [0.5, 0.6) is 11.5 Å². The zero-order valence-electron chi connectivity index (χ0n) is 21.2. The van der Waals surface area contributed by atoms with E-state index in [2.05, 4.69) is 36.1 Å². The van der Waals surface area contributed by atoms with E-state index in [4.69, 9.17) is 32.7 Å². The first-order chi connectivity index (χ1) is 18.1. The zero-order valence-corrected chi connectivity index (χ0v) is 22.7. The molecule has 0 radical (unpaired) electrons. The molecule has 1 aliphatic heterocycles. The third-order valence-electron chi connectivity index (χ3n) is 6.15. The predicted molar refractivity (Wildman–Crippen MR) is 151 cm³/mol. The van der Waals surface area contributed by atoms with E-state index in [1.807, 2.05) is 18.2 Å². The van der Waals surface area contributed by atoms with E-state index in [-0.39, 0.29) is 0 Å². The number of fused-ring (bicyclic) bond motifs is 1. The molecule has 2 aromatic carbocycles. The molecule has 1 saturated heterocycles. The maximum Gasteiger partial charge on any atom is 0.162 e. The van der Waals surface area contributed by atoms with Crippen LogP contribution in [0.3, 0.4) is 0 Å². The Morgan fingerprint density at radius 2 is 1.65 bits per heavy atom. The maximum absolute atomic E-state index is 6.36. The number of anilines is 2. The molecule has 11 heteroatoms. The fourth-order valence-corrected chi connectivity index (χ4v) is 4.62. The molecular formula is C26H35Cl2N7O2. The molecule has 0 atom stereocenters. The molecule has 200 valence electrons. The molecule has 4 rings (SSSR count). The number of nitrogens with zero attached hydrogens (tertiary/aromatic N) is 3. The molecule has 9 nitrogen and oxygen atoms in total. The van der Waals surface area contributed by atoms with Crippen molar-refractivity contribution in [2.45, 2.75) is 6.42 Å². The molecule has 37 heavy (non-hydrogen) atoms. The van der Waals surface area contributed by atoms with Gasteiger partial charge in [0, 0.05) is 75.4 Å². The molecule has 2 heterocycles. The van der Waals surface area contributed by atoms with E-state index in [1.54, 1.807) is 19.2 Å². The summed E-state index contributed by atoms with van der Waals surface area (Å²) in [6.07, 6.45) is 2.41. The van der Waals surface area contributed by atoms with Crippen molar-refractivity contribution in [3.05, 3.63) is 46.7 Å². The molecule has 1 fully saturated rings. The van der Waals surface area contributed by atoms with Crippen LogP contribution in [0, 0.1) is 0 Å². The zero-order chi connectivity index (χ0) is 25.9. The number of halogens is 2. The summed E-state index contributed by atoms with van der Waals surface area (Å²) in [5.74, 6) is 1.91. The van der Waals surface area contributed by atoms with Gasteiger partial charge in [-0.25, -0.2) is 9.97 Å². The van der Waals surface area contributed by atoms with E-state index >= 15 is 0 Å². The third-order valence-corrected chi connectivity index (χ3v) is 6.70. The number of benzene rings is 2. The topological polar surface area (TPSA) is 95.6 Å². The fourth-order valence-electron chi connectivity index (χ4n) is 4.16. The molecule has 4 N–H and O–H groups in total. The van der Waals surface area contributed by atoms with Crippen LogP contribution < -0.4 is 30.7 Å². The molecule has 0 bridgehead atoms. The average Bonchev–Trinajstić information content (AvgIpc) is 2.89. The highest BCUT2D eigenvalue weighted by atomic mass is 35.5. The lowest BCUT2D eigenvalue weighted by Crippen LogP contribution is -2.42. The second-order valence-corrected chi connectivity index (χ2v) is 9.63. The van der Waals surface area contributed by atoms with Gasteiger partial charge in [-0.1, -0.05) is 23.2 Å². The van der Waals surface area contributed by atoms with Crippen molar-refractivity contribution in [3.63, 3.8) is 0 Å². The molecule has 1 aromatic heterocycles. The Morgan fingerprint density at radius 1 is 0.919 bits per heavy atom. The fraction of sp³-hybridized carbons (Fsp3) is 0.462. The monoisotopic (exact) mass is 547 g/mol. The molecule has 1 aliphatic rings. The predicted octanol–water partition coefficient (Wildman–Crippen LogP) is 3.54. The summed E-state index contributed by atoms with van der Waals surface area (Å²) < 4.78 is 11.8. The van der Waals surface area contributed by atoms with Gasteiger partial charge in [0.2, 0.25) is 0 Å². The first-order valence-corrected chi connectivity index (χ1v) is 13.4. The van der Waals surface area contributed by atoms with Crippen molar-refractivity contribution in [1.29, 1.82) is 0 Å². The van der Waals surface area contributed by atoms with Crippen molar-refractivity contribution in [2.24, 2.45) is 0 Å². The Bertz CT molecular complexity index is 1140. The Morgan fingerprint density at radius 3 is 2.35 bits per heavy atom. The van der Waals surface area contributed by atoms with E-state index in [1.165, 1.54) is 6.33 Å². The van der Waals surface area contributed by atoms with Gasteiger partial charge >= 0.3 is 0 Å². The molecule has 0 amide bonds. The van der Waals surface area contributed by atoms with Gasteiger partial charge in [0.15, 0.2) is 11.5 Å². The van der Waals surface area contributed by atoms with Crippen molar-refractivity contribution in [3.8, 4) is 11.5 Å². The smallest absolute Gasteiger partial charge is 0.162 e. The summed E-state index contributed by atoms with van der Waals surface area (Å²) in [6, 6.07) is 9.06. The minimum Gasteiger partial charge on any atom is -0.493 e. The first kappa shape index (κ1) is 27.6. The van der Waals surface area contributed by atoms with Gasteiger partial charge in [-0.3, -0.25) is 0 Å². The highest BCUT2D eigenvalue weighted by molar-refractivity contribution is 6.36. The van der Waals surface area contributed by atoms with Crippen molar-refractivity contribution < 1.29 is 9.47 Å². The van der Waals surface area contributed by atoms with Crippen LogP contribution >= 0.6 is 23.2 Å². The van der Waals surface area contributed by atoms with E-state index < -0.39 is 0 Å². The Hall–Kier alpha value is -2.40. The molecule has 0 saturated carbocycles. The standard InChI is InChI=1S/C26H35Cl2N7O2/c1-36-24-17-23-20(26(33-18-32-23)34-22-4-3-19(27)15-21(22)28)16-25(24)37-14-2-11-35-12-9-30-7-5-29-6-8-31-10-13-35/h3-4,15-18,29-31H,2,5-14H2,1H3,(H,32,33,34). The number of hydrogen-bond acceptors (Lipinski definition) is 9. The summed E-state index contributed by atoms with van der Waals surface area (Å²) in [5, 5.41) is 15.6. The minimum atomic E-state index is 0.507. The van der Waals surface area contributed by atoms with Crippen LogP contribution in [0.4, 0.5) is 11.5 Å². The van der Waals surface area contributed by atoms with E-state index in [0.29, 0.717) is 39.7 Å².